The van der Waals surface area contributed by atoms with Gasteiger partial charge in [0.1, 0.15) is 18.0 Å². The Morgan fingerprint density at radius 2 is 1.88 bits per heavy atom. The van der Waals surface area contributed by atoms with Crippen LogP contribution in [0.25, 0.3) is 11.3 Å². The standard InChI is InChI=1S/C20H20N4O2/c25-17-10-8-16(9-11-17)19-7-4-12-24(19)20(26)14-23-13-18(21-22-23)15-5-2-1-3-6-15/h1-3,5-6,8-11,13,19,25H,4,7,12,14H2/t19-/m1/s1. The lowest BCUT2D eigenvalue weighted by molar-refractivity contribution is -0.133. The molecule has 0 saturated carbocycles. The lowest BCUT2D eigenvalue weighted by Gasteiger charge is -2.25. The van der Waals surface area contributed by atoms with Crippen LogP contribution in [0.15, 0.2) is 60.8 Å². The van der Waals surface area contributed by atoms with Gasteiger partial charge in [0.05, 0.1) is 12.2 Å². The first-order chi connectivity index (χ1) is 12.7. The smallest absolute Gasteiger partial charge is 0.244 e. The highest BCUT2D eigenvalue weighted by Gasteiger charge is 2.30. The summed E-state index contributed by atoms with van der Waals surface area (Å²) < 4.78 is 1.59. The summed E-state index contributed by atoms with van der Waals surface area (Å²) >= 11 is 0. The lowest BCUT2D eigenvalue weighted by atomic mass is 10.0. The zero-order chi connectivity index (χ0) is 17.9. The number of carbonyl (C=O) groups excluding carboxylic acids is 1. The van der Waals surface area contributed by atoms with Crippen LogP contribution in [0, 0.1) is 0 Å². The monoisotopic (exact) mass is 348 g/mol. The van der Waals surface area contributed by atoms with E-state index in [9.17, 15) is 9.90 Å². The van der Waals surface area contributed by atoms with Gasteiger partial charge in [-0.25, -0.2) is 4.68 Å². The Hall–Kier alpha value is -3.15. The number of nitrogens with zero attached hydrogens (tertiary/aromatic N) is 4. The number of hydrogen-bond acceptors (Lipinski definition) is 4. The fourth-order valence-corrected chi connectivity index (χ4v) is 3.45. The Labute approximate surface area is 151 Å². The molecule has 1 amide bonds. The van der Waals surface area contributed by atoms with E-state index in [1.807, 2.05) is 47.4 Å². The summed E-state index contributed by atoms with van der Waals surface area (Å²) in [5, 5.41) is 17.7. The molecule has 3 aromatic rings. The normalized spacial score (nSPS) is 16.8. The largest absolute Gasteiger partial charge is 0.508 e. The first kappa shape index (κ1) is 16.3. The van der Waals surface area contributed by atoms with Crippen molar-refractivity contribution in [3.8, 4) is 17.0 Å². The molecular formula is C20H20N4O2. The molecule has 132 valence electrons. The molecule has 6 heteroatoms. The zero-order valence-electron chi connectivity index (χ0n) is 14.3. The number of rotatable bonds is 4. The van der Waals surface area contributed by atoms with E-state index in [2.05, 4.69) is 10.3 Å². The number of amides is 1. The van der Waals surface area contributed by atoms with Crippen LogP contribution >= 0.6 is 0 Å². The second-order valence-corrected chi connectivity index (χ2v) is 6.50. The number of aromatic hydroxyl groups is 1. The van der Waals surface area contributed by atoms with Crippen molar-refractivity contribution in [1.29, 1.82) is 0 Å². The SMILES string of the molecule is O=C(Cn1cc(-c2ccccc2)nn1)N1CCC[C@@H]1c1ccc(O)cc1. The molecule has 26 heavy (non-hydrogen) atoms. The Balaban J connectivity index is 1.47. The zero-order valence-corrected chi connectivity index (χ0v) is 14.3. The summed E-state index contributed by atoms with van der Waals surface area (Å²) in [6, 6.07) is 16.9. The summed E-state index contributed by atoms with van der Waals surface area (Å²) in [5.41, 5.74) is 2.79. The Morgan fingerprint density at radius 1 is 1.12 bits per heavy atom. The molecule has 1 aliphatic rings. The second kappa shape index (κ2) is 7.00. The van der Waals surface area contributed by atoms with Gasteiger partial charge in [0.2, 0.25) is 5.91 Å². The summed E-state index contributed by atoms with van der Waals surface area (Å²) in [5.74, 6) is 0.269. The molecule has 1 atom stereocenters. The first-order valence-corrected chi connectivity index (χ1v) is 8.75. The Morgan fingerprint density at radius 3 is 2.65 bits per heavy atom. The molecule has 2 aromatic carbocycles. The molecule has 0 spiro atoms. The van der Waals surface area contributed by atoms with Crippen LogP contribution in [-0.4, -0.2) is 37.5 Å². The van der Waals surface area contributed by atoms with E-state index in [0.29, 0.717) is 0 Å². The van der Waals surface area contributed by atoms with Gasteiger partial charge in [-0.2, -0.15) is 0 Å². The molecule has 0 radical (unpaired) electrons. The molecule has 0 unspecified atom stereocenters. The van der Waals surface area contributed by atoms with Crippen LogP contribution in [0.5, 0.6) is 5.75 Å². The highest BCUT2D eigenvalue weighted by Crippen LogP contribution is 2.32. The van der Waals surface area contributed by atoms with E-state index in [1.54, 1.807) is 23.0 Å². The number of carbonyl (C=O) groups is 1. The topological polar surface area (TPSA) is 71.2 Å². The number of likely N-dealkylation sites (tertiary alicyclic amines) is 1. The maximum Gasteiger partial charge on any atom is 0.244 e. The quantitative estimate of drug-likeness (QED) is 0.787. The Kier molecular flexibility index (Phi) is 4.39. The average molecular weight is 348 g/mol. The molecule has 1 N–H and O–H groups in total. The van der Waals surface area contributed by atoms with Crippen molar-refractivity contribution in [3.63, 3.8) is 0 Å². The number of aromatic nitrogens is 3. The molecule has 1 fully saturated rings. The summed E-state index contributed by atoms with van der Waals surface area (Å²) in [6.07, 6.45) is 3.71. The molecule has 1 aromatic heterocycles. The third-order valence-electron chi connectivity index (χ3n) is 4.76. The number of benzene rings is 2. The van der Waals surface area contributed by atoms with E-state index >= 15 is 0 Å². The van der Waals surface area contributed by atoms with Crippen molar-refractivity contribution in [3.05, 3.63) is 66.4 Å². The van der Waals surface area contributed by atoms with Crippen LogP contribution in [0.1, 0.15) is 24.4 Å². The average Bonchev–Trinajstić information content (AvgIpc) is 3.33. The minimum Gasteiger partial charge on any atom is -0.508 e. The predicted octanol–water partition coefficient (Wildman–Crippen LogP) is 3.01. The van der Waals surface area contributed by atoms with E-state index in [-0.39, 0.29) is 24.2 Å². The maximum absolute atomic E-state index is 12.8. The van der Waals surface area contributed by atoms with E-state index in [1.165, 1.54) is 0 Å². The molecular weight excluding hydrogens is 328 g/mol. The summed E-state index contributed by atoms with van der Waals surface area (Å²) in [6.45, 7) is 0.916. The van der Waals surface area contributed by atoms with Gasteiger partial charge in [-0.1, -0.05) is 47.7 Å². The summed E-state index contributed by atoms with van der Waals surface area (Å²) in [7, 11) is 0. The van der Waals surface area contributed by atoms with Gasteiger partial charge in [-0.15, -0.1) is 5.10 Å². The minimum absolute atomic E-state index is 0.0325. The van der Waals surface area contributed by atoms with E-state index in [0.717, 1.165) is 36.2 Å². The van der Waals surface area contributed by atoms with Crippen LogP contribution in [-0.2, 0) is 11.3 Å². The van der Waals surface area contributed by atoms with Crippen molar-refractivity contribution in [1.82, 2.24) is 19.9 Å². The van der Waals surface area contributed by atoms with E-state index < -0.39 is 0 Å². The van der Waals surface area contributed by atoms with Crippen LogP contribution in [0.3, 0.4) is 0 Å². The number of phenolic OH excluding ortho intramolecular Hbond substituents is 1. The van der Waals surface area contributed by atoms with Crippen molar-refractivity contribution in [2.45, 2.75) is 25.4 Å². The van der Waals surface area contributed by atoms with Crippen molar-refractivity contribution >= 4 is 5.91 Å². The fraction of sp³-hybridized carbons (Fsp3) is 0.250. The fourth-order valence-electron chi connectivity index (χ4n) is 3.45. The van der Waals surface area contributed by atoms with Crippen molar-refractivity contribution in [2.24, 2.45) is 0 Å². The van der Waals surface area contributed by atoms with Crippen LogP contribution in [0.4, 0.5) is 0 Å². The molecule has 1 aliphatic heterocycles. The van der Waals surface area contributed by atoms with Gasteiger partial charge in [0.15, 0.2) is 0 Å². The third-order valence-corrected chi connectivity index (χ3v) is 4.76. The molecule has 0 aliphatic carbocycles. The molecule has 6 nitrogen and oxygen atoms in total. The third kappa shape index (κ3) is 3.31. The van der Waals surface area contributed by atoms with Gasteiger partial charge in [-0.3, -0.25) is 4.79 Å². The highest BCUT2D eigenvalue weighted by molar-refractivity contribution is 5.77. The van der Waals surface area contributed by atoms with E-state index in [4.69, 9.17) is 0 Å². The predicted molar refractivity (Wildman–Crippen MR) is 97.3 cm³/mol. The lowest BCUT2D eigenvalue weighted by Crippen LogP contribution is -2.33. The highest BCUT2D eigenvalue weighted by atomic mass is 16.3. The van der Waals surface area contributed by atoms with Gasteiger partial charge in [-0.05, 0) is 30.5 Å². The van der Waals surface area contributed by atoms with Crippen LogP contribution in [0.2, 0.25) is 0 Å². The minimum atomic E-state index is 0.0325. The molecule has 1 saturated heterocycles. The van der Waals surface area contributed by atoms with Gasteiger partial charge in [0, 0.05) is 12.1 Å². The number of phenols is 1. The summed E-state index contributed by atoms with van der Waals surface area (Å²) in [4.78, 5) is 14.7. The van der Waals surface area contributed by atoms with Crippen LogP contribution < -0.4 is 0 Å². The molecule has 2 heterocycles. The maximum atomic E-state index is 12.8. The van der Waals surface area contributed by atoms with Gasteiger partial charge in [0.25, 0.3) is 0 Å². The first-order valence-electron chi connectivity index (χ1n) is 8.75. The second-order valence-electron chi connectivity index (χ2n) is 6.50. The molecule has 0 bridgehead atoms. The van der Waals surface area contributed by atoms with Crippen molar-refractivity contribution in [2.75, 3.05) is 6.54 Å². The van der Waals surface area contributed by atoms with Gasteiger partial charge < -0.3 is 10.0 Å². The Bertz CT molecular complexity index is 890. The van der Waals surface area contributed by atoms with Crippen molar-refractivity contribution < 1.29 is 9.90 Å². The number of hydrogen-bond donors (Lipinski definition) is 1. The molecule has 4 rings (SSSR count). The van der Waals surface area contributed by atoms with Gasteiger partial charge >= 0.3 is 0 Å².